The van der Waals surface area contributed by atoms with E-state index in [0.717, 1.165) is 12.1 Å². The molecule has 1 saturated heterocycles. The van der Waals surface area contributed by atoms with Crippen molar-refractivity contribution in [1.29, 1.82) is 0 Å². The Balaban J connectivity index is 1.31. The second kappa shape index (κ2) is 10.7. The lowest BCUT2D eigenvalue weighted by Gasteiger charge is -2.14. The summed E-state index contributed by atoms with van der Waals surface area (Å²) in [4.78, 5) is 38.4. The molecule has 0 saturated carbocycles. The quantitative estimate of drug-likeness (QED) is 0.580. The van der Waals surface area contributed by atoms with Crippen LogP contribution in [-0.4, -0.2) is 48.8 Å². The molecule has 3 amide bonds. The maximum atomic E-state index is 11.9. The largest absolute Gasteiger partial charge is 0.350 e. The maximum absolute atomic E-state index is 11.9. The first-order valence-corrected chi connectivity index (χ1v) is 10.6. The smallest absolute Gasteiger partial charge is 0.261 e. The predicted molar refractivity (Wildman–Crippen MR) is 112 cm³/mol. The minimum Gasteiger partial charge on any atom is -0.350 e. The molecule has 8 heteroatoms. The van der Waals surface area contributed by atoms with Crippen LogP contribution in [0, 0.1) is 0 Å². The molecule has 7 nitrogen and oxygen atoms in total. The number of rotatable bonds is 9. The second-order valence-electron chi connectivity index (χ2n) is 7.01. The summed E-state index contributed by atoms with van der Waals surface area (Å²) in [5, 5.41) is 9.60. The van der Waals surface area contributed by atoms with E-state index in [1.165, 1.54) is 42.8 Å². The molecule has 29 heavy (non-hydrogen) atoms. The fourth-order valence-corrected chi connectivity index (χ4v) is 3.76. The molecular weight excluding hydrogens is 388 g/mol. The fraction of sp³-hybridized carbons (Fsp3) is 0.381. The van der Waals surface area contributed by atoms with Crippen LogP contribution in [0.3, 0.4) is 0 Å². The monoisotopic (exact) mass is 414 g/mol. The lowest BCUT2D eigenvalue weighted by atomic mass is 10.1. The van der Waals surface area contributed by atoms with Crippen LogP contribution in [-0.2, 0) is 22.7 Å². The molecule has 1 aliphatic rings. The third-order valence-electron chi connectivity index (χ3n) is 4.72. The van der Waals surface area contributed by atoms with Crippen LogP contribution < -0.4 is 16.0 Å². The normalized spacial score (nSPS) is 13.8. The summed E-state index contributed by atoms with van der Waals surface area (Å²) in [5.41, 5.74) is 2.29. The van der Waals surface area contributed by atoms with E-state index >= 15 is 0 Å². The Morgan fingerprint density at radius 1 is 0.862 bits per heavy atom. The lowest BCUT2D eigenvalue weighted by molar-refractivity contribution is -0.125. The summed E-state index contributed by atoms with van der Waals surface area (Å²) in [7, 11) is 0. The lowest BCUT2D eigenvalue weighted by Crippen LogP contribution is -2.41. The van der Waals surface area contributed by atoms with E-state index in [1.807, 2.05) is 12.1 Å². The Hall–Kier alpha value is -2.71. The van der Waals surface area contributed by atoms with Crippen molar-refractivity contribution >= 4 is 29.1 Å². The number of likely N-dealkylation sites (tertiary alicyclic amines) is 1. The number of hydrogen-bond acceptors (Lipinski definition) is 5. The van der Waals surface area contributed by atoms with Gasteiger partial charge in [0.25, 0.3) is 5.91 Å². The Labute approximate surface area is 174 Å². The van der Waals surface area contributed by atoms with Crippen LogP contribution in [0.25, 0.3) is 0 Å². The van der Waals surface area contributed by atoms with Crippen molar-refractivity contribution in [3.8, 4) is 0 Å². The van der Waals surface area contributed by atoms with E-state index < -0.39 is 5.91 Å². The molecule has 0 radical (unpaired) electrons. The Morgan fingerprint density at radius 2 is 1.52 bits per heavy atom. The summed E-state index contributed by atoms with van der Waals surface area (Å²) >= 11 is 1.30. The van der Waals surface area contributed by atoms with Crippen LogP contribution in [0.1, 0.15) is 33.6 Å². The van der Waals surface area contributed by atoms with Gasteiger partial charge in [0, 0.05) is 13.1 Å². The molecule has 1 fully saturated rings. The highest BCUT2D eigenvalue weighted by atomic mass is 32.1. The van der Waals surface area contributed by atoms with Crippen molar-refractivity contribution in [3.05, 3.63) is 57.8 Å². The minimum atomic E-state index is -0.406. The summed E-state index contributed by atoms with van der Waals surface area (Å²) < 4.78 is 0. The van der Waals surface area contributed by atoms with Crippen molar-refractivity contribution in [2.45, 2.75) is 25.9 Å². The first-order chi connectivity index (χ1) is 14.1. The highest BCUT2D eigenvalue weighted by molar-refractivity contribution is 7.12. The maximum Gasteiger partial charge on any atom is 0.261 e. The average molecular weight is 415 g/mol. The highest BCUT2D eigenvalue weighted by Crippen LogP contribution is 2.13. The standard InChI is InChI=1S/C21H26N4O3S/c26-19(13-23-20(27)14-24-21(28)18-4-3-11-29-18)22-12-16-5-7-17(8-6-16)15-25-9-1-2-10-25/h3-8,11H,1-2,9-10,12-15H2,(H,22,26)(H,23,27)(H,24,28). The van der Waals surface area contributed by atoms with Gasteiger partial charge in [0.1, 0.15) is 0 Å². The topological polar surface area (TPSA) is 90.5 Å². The first-order valence-electron chi connectivity index (χ1n) is 9.75. The van der Waals surface area contributed by atoms with Crippen molar-refractivity contribution in [2.24, 2.45) is 0 Å². The summed E-state index contributed by atoms with van der Waals surface area (Å²) in [6.07, 6.45) is 2.56. The van der Waals surface area contributed by atoms with Gasteiger partial charge in [-0.3, -0.25) is 19.3 Å². The summed E-state index contributed by atoms with van der Waals surface area (Å²) in [6.45, 7) is 3.43. The molecule has 3 rings (SSSR count). The summed E-state index contributed by atoms with van der Waals surface area (Å²) in [5.74, 6) is -0.979. The van der Waals surface area contributed by atoms with E-state index in [-0.39, 0.29) is 24.9 Å². The van der Waals surface area contributed by atoms with E-state index in [9.17, 15) is 14.4 Å². The first kappa shape index (κ1) is 21.0. The number of amides is 3. The van der Waals surface area contributed by atoms with Crippen LogP contribution >= 0.6 is 11.3 Å². The van der Waals surface area contributed by atoms with Crippen LogP contribution in [0.2, 0.25) is 0 Å². The predicted octanol–water partition coefficient (Wildman–Crippen LogP) is 1.51. The Morgan fingerprint density at radius 3 is 2.21 bits per heavy atom. The van der Waals surface area contributed by atoms with Gasteiger partial charge in [-0.05, 0) is 48.5 Å². The van der Waals surface area contributed by atoms with Crippen molar-refractivity contribution < 1.29 is 14.4 Å². The van der Waals surface area contributed by atoms with Gasteiger partial charge in [0.2, 0.25) is 11.8 Å². The van der Waals surface area contributed by atoms with Crippen molar-refractivity contribution in [2.75, 3.05) is 26.2 Å². The molecule has 1 aliphatic heterocycles. The minimum absolute atomic E-state index is 0.124. The molecule has 0 atom stereocenters. The highest BCUT2D eigenvalue weighted by Gasteiger charge is 2.12. The van der Waals surface area contributed by atoms with Crippen molar-refractivity contribution in [1.82, 2.24) is 20.9 Å². The van der Waals surface area contributed by atoms with Gasteiger partial charge >= 0.3 is 0 Å². The molecule has 1 aromatic carbocycles. The molecule has 154 valence electrons. The zero-order valence-corrected chi connectivity index (χ0v) is 17.1. The molecule has 2 heterocycles. The number of hydrogen-bond donors (Lipinski definition) is 3. The Kier molecular flexibility index (Phi) is 7.77. The van der Waals surface area contributed by atoms with Gasteiger partial charge in [-0.15, -0.1) is 11.3 Å². The number of carbonyl (C=O) groups excluding carboxylic acids is 3. The van der Waals surface area contributed by atoms with E-state index in [2.05, 4.69) is 33.0 Å². The number of nitrogens with zero attached hydrogens (tertiary/aromatic N) is 1. The number of thiophene rings is 1. The van der Waals surface area contributed by atoms with Crippen LogP contribution in [0.4, 0.5) is 0 Å². The van der Waals surface area contributed by atoms with E-state index in [1.54, 1.807) is 17.5 Å². The SMILES string of the molecule is O=C(CNC(=O)CNC(=O)c1cccs1)NCc1ccc(CN2CCCC2)cc1. The zero-order chi connectivity index (χ0) is 20.5. The number of nitrogens with one attached hydrogen (secondary N) is 3. The second-order valence-corrected chi connectivity index (χ2v) is 7.96. The van der Waals surface area contributed by atoms with Crippen molar-refractivity contribution in [3.63, 3.8) is 0 Å². The summed E-state index contributed by atoms with van der Waals surface area (Å²) in [6, 6.07) is 11.7. The number of benzene rings is 1. The number of carbonyl (C=O) groups is 3. The van der Waals surface area contributed by atoms with Crippen LogP contribution in [0.15, 0.2) is 41.8 Å². The molecule has 0 spiro atoms. The van der Waals surface area contributed by atoms with Gasteiger partial charge in [0.05, 0.1) is 18.0 Å². The van der Waals surface area contributed by atoms with Gasteiger partial charge in [-0.25, -0.2) is 0 Å². The molecule has 1 aromatic heterocycles. The van der Waals surface area contributed by atoms with E-state index in [4.69, 9.17) is 0 Å². The van der Waals surface area contributed by atoms with Gasteiger partial charge in [0.15, 0.2) is 0 Å². The van der Waals surface area contributed by atoms with Gasteiger partial charge in [-0.2, -0.15) is 0 Å². The average Bonchev–Trinajstić information content (AvgIpc) is 3.44. The zero-order valence-electron chi connectivity index (χ0n) is 16.3. The molecular formula is C21H26N4O3S. The van der Waals surface area contributed by atoms with Gasteiger partial charge < -0.3 is 16.0 Å². The fourth-order valence-electron chi connectivity index (χ4n) is 3.12. The Bertz CT molecular complexity index is 815. The molecule has 3 N–H and O–H groups in total. The van der Waals surface area contributed by atoms with Gasteiger partial charge in [-0.1, -0.05) is 30.3 Å². The molecule has 0 unspecified atom stereocenters. The van der Waals surface area contributed by atoms with E-state index in [0.29, 0.717) is 11.4 Å². The third-order valence-corrected chi connectivity index (χ3v) is 5.59. The van der Waals surface area contributed by atoms with Crippen LogP contribution in [0.5, 0.6) is 0 Å². The third kappa shape index (κ3) is 6.99. The molecule has 0 aliphatic carbocycles. The molecule has 0 bridgehead atoms. The molecule has 2 aromatic rings.